The van der Waals surface area contributed by atoms with Crippen molar-refractivity contribution in [3.63, 3.8) is 0 Å². The van der Waals surface area contributed by atoms with Gasteiger partial charge in [0.1, 0.15) is 11.6 Å². The zero-order valence-electron chi connectivity index (χ0n) is 19.3. The molecule has 2 aliphatic rings. The Labute approximate surface area is 199 Å². The molecular formula is C27H25F7O. The third-order valence-electron chi connectivity index (χ3n) is 6.64. The zero-order valence-corrected chi connectivity index (χ0v) is 19.3. The number of aryl methyl sites for hydroxylation is 1. The third-order valence-corrected chi connectivity index (χ3v) is 6.64. The molecule has 0 bridgehead atoms. The highest BCUT2D eigenvalue weighted by atomic mass is 19.3. The number of rotatable bonds is 7. The minimum atomic E-state index is -5.00. The maximum absolute atomic E-state index is 15.3. The molecule has 1 atom stereocenters. The number of fused-ring (bicyclic) bond motifs is 3. The predicted molar refractivity (Wildman–Crippen MR) is 119 cm³/mol. The quantitative estimate of drug-likeness (QED) is 0.347. The smallest absolute Gasteiger partial charge is 0.343 e. The Kier molecular flexibility index (Phi) is 6.77. The summed E-state index contributed by atoms with van der Waals surface area (Å²) in [5.41, 5.74) is -3.57. The first kappa shape index (κ1) is 25.3. The van der Waals surface area contributed by atoms with Gasteiger partial charge in [-0.3, -0.25) is 0 Å². The van der Waals surface area contributed by atoms with Crippen molar-refractivity contribution < 1.29 is 35.5 Å². The van der Waals surface area contributed by atoms with Crippen LogP contribution >= 0.6 is 0 Å². The van der Waals surface area contributed by atoms with Crippen molar-refractivity contribution in [3.05, 3.63) is 76.1 Å². The second-order valence-electron chi connectivity index (χ2n) is 8.87. The van der Waals surface area contributed by atoms with E-state index in [2.05, 4.69) is 0 Å². The van der Waals surface area contributed by atoms with Gasteiger partial charge in [0, 0.05) is 5.92 Å². The number of benzene rings is 2. The Hall–Kier alpha value is -2.77. The standard InChI is InChI=1S/C27H25F7O/c1-3-5-16-8-6-15(14-20(16)28)7-9-17-10-11-18-19-12-13-21(35-4-2)25(30)23(19)27(33,34)26(31,32)22(18)24(17)29/h6,10-14,16H,3-5,7-9H2,1-2H3. The highest BCUT2D eigenvalue weighted by molar-refractivity contribution is 5.77. The number of halogens is 7. The summed E-state index contributed by atoms with van der Waals surface area (Å²) in [5.74, 6) is -14.1. The molecule has 0 aliphatic heterocycles. The maximum Gasteiger partial charge on any atom is 0.343 e. The van der Waals surface area contributed by atoms with Crippen LogP contribution in [0.3, 0.4) is 0 Å². The Balaban J connectivity index is 1.71. The van der Waals surface area contributed by atoms with Gasteiger partial charge in [0.15, 0.2) is 11.6 Å². The van der Waals surface area contributed by atoms with Gasteiger partial charge in [0.05, 0.1) is 17.7 Å². The fourth-order valence-corrected chi connectivity index (χ4v) is 4.83. The van der Waals surface area contributed by atoms with Crippen molar-refractivity contribution in [2.75, 3.05) is 6.61 Å². The molecule has 2 aromatic rings. The van der Waals surface area contributed by atoms with Crippen LogP contribution in [0.25, 0.3) is 11.1 Å². The molecule has 0 aromatic heterocycles. The summed E-state index contributed by atoms with van der Waals surface area (Å²) in [6, 6.07) is 4.44. The first-order valence-corrected chi connectivity index (χ1v) is 11.6. The topological polar surface area (TPSA) is 9.23 Å². The van der Waals surface area contributed by atoms with Crippen LogP contribution < -0.4 is 4.74 Å². The Bertz CT molecular complexity index is 1200. The van der Waals surface area contributed by atoms with Gasteiger partial charge in [-0.1, -0.05) is 31.6 Å². The normalized spacial score (nSPS) is 20.0. The maximum atomic E-state index is 15.3. The van der Waals surface area contributed by atoms with Gasteiger partial charge in [-0.05, 0) is 73.1 Å². The second-order valence-corrected chi connectivity index (χ2v) is 8.87. The largest absolute Gasteiger partial charge is 0.491 e. The Morgan fingerprint density at radius 3 is 2.09 bits per heavy atom. The highest BCUT2D eigenvalue weighted by Crippen LogP contribution is 2.60. The minimum Gasteiger partial charge on any atom is -0.491 e. The minimum absolute atomic E-state index is 0.0545. The molecule has 1 nitrogen and oxygen atoms in total. The summed E-state index contributed by atoms with van der Waals surface area (Å²) in [6.07, 6.45) is 5.30. The molecule has 0 saturated carbocycles. The molecule has 188 valence electrons. The molecule has 35 heavy (non-hydrogen) atoms. The van der Waals surface area contributed by atoms with Crippen LogP contribution in [0.5, 0.6) is 5.75 Å². The van der Waals surface area contributed by atoms with Crippen LogP contribution in [0, 0.1) is 17.6 Å². The predicted octanol–water partition coefficient (Wildman–Crippen LogP) is 8.76. The van der Waals surface area contributed by atoms with Crippen LogP contribution in [-0.4, -0.2) is 6.61 Å². The van der Waals surface area contributed by atoms with Gasteiger partial charge in [-0.15, -0.1) is 0 Å². The number of hydrogen-bond acceptors (Lipinski definition) is 1. The van der Waals surface area contributed by atoms with Gasteiger partial charge in [0.25, 0.3) is 0 Å². The van der Waals surface area contributed by atoms with E-state index in [4.69, 9.17) is 4.74 Å². The first-order chi connectivity index (χ1) is 16.5. The lowest BCUT2D eigenvalue weighted by Gasteiger charge is -2.35. The van der Waals surface area contributed by atoms with Crippen molar-refractivity contribution in [1.29, 1.82) is 0 Å². The van der Waals surface area contributed by atoms with E-state index in [-0.39, 0.29) is 36.8 Å². The lowest BCUT2D eigenvalue weighted by molar-refractivity contribution is -0.228. The van der Waals surface area contributed by atoms with E-state index in [0.29, 0.717) is 18.4 Å². The van der Waals surface area contributed by atoms with E-state index in [1.165, 1.54) is 19.1 Å². The molecule has 0 spiro atoms. The molecule has 0 saturated heterocycles. The summed E-state index contributed by atoms with van der Waals surface area (Å²) in [7, 11) is 0. The summed E-state index contributed by atoms with van der Waals surface area (Å²) in [6.45, 7) is 3.39. The van der Waals surface area contributed by atoms with E-state index in [1.54, 1.807) is 0 Å². The van der Waals surface area contributed by atoms with Crippen LogP contribution in [0.1, 0.15) is 56.2 Å². The van der Waals surface area contributed by atoms with E-state index in [9.17, 15) is 17.6 Å². The number of allylic oxidation sites excluding steroid dienone is 4. The summed E-state index contributed by atoms with van der Waals surface area (Å²) < 4.78 is 110. The van der Waals surface area contributed by atoms with E-state index >= 15 is 13.2 Å². The van der Waals surface area contributed by atoms with Gasteiger partial charge >= 0.3 is 11.8 Å². The number of alkyl halides is 4. The number of ether oxygens (including phenoxy) is 1. The van der Waals surface area contributed by atoms with Crippen LogP contribution in [0.4, 0.5) is 30.7 Å². The third kappa shape index (κ3) is 4.15. The van der Waals surface area contributed by atoms with Crippen molar-refractivity contribution in [3.8, 4) is 16.9 Å². The van der Waals surface area contributed by atoms with Gasteiger partial charge in [-0.2, -0.15) is 17.6 Å². The Morgan fingerprint density at radius 1 is 0.857 bits per heavy atom. The van der Waals surface area contributed by atoms with E-state index in [0.717, 1.165) is 24.6 Å². The summed E-state index contributed by atoms with van der Waals surface area (Å²) in [5, 5.41) is 0. The summed E-state index contributed by atoms with van der Waals surface area (Å²) in [4.78, 5) is 0. The van der Waals surface area contributed by atoms with Crippen LogP contribution in [0.15, 0.2) is 47.8 Å². The number of hydrogen-bond donors (Lipinski definition) is 0. The van der Waals surface area contributed by atoms with E-state index < -0.39 is 51.5 Å². The average molecular weight is 498 g/mol. The average Bonchev–Trinajstić information content (AvgIpc) is 2.80. The van der Waals surface area contributed by atoms with Crippen molar-refractivity contribution in [1.82, 2.24) is 0 Å². The fourth-order valence-electron chi connectivity index (χ4n) is 4.83. The van der Waals surface area contributed by atoms with Crippen molar-refractivity contribution in [2.45, 2.75) is 57.8 Å². The SMILES string of the molecule is CCCC1CC=C(CCc2ccc3c(c2F)C(F)(F)C(F)(F)c2c-3ccc(OCC)c2F)C=C1F. The molecule has 2 aliphatic carbocycles. The molecular weight excluding hydrogens is 473 g/mol. The monoisotopic (exact) mass is 498 g/mol. The molecule has 4 rings (SSSR count). The van der Waals surface area contributed by atoms with Crippen LogP contribution in [0.2, 0.25) is 0 Å². The first-order valence-electron chi connectivity index (χ1n) is 11.6. The molecule has 0 N–H and O–H groups in total. The molecule has 8 heteroatoms. The van der Waals surface area contributed by atoms with Crippen molar-refractivity contribution in [2.24, 2.45) is 5.92 Å². The lowest BCUT2D eigenvalue weighted by atomic mass is 9.78. The molecule has 0 amide bonds. The second kappa shape index (κ2) is 9.36. The highest BCUT2D eigenvalue weighted by Gasteiger charge is 2.65. The molecule has 2 aromatic carbocycles. The fraction of sp³-hybridized carbons (Fsp3) is 0.407. The van der Waals surface area contributed by atoms with Gasteiger partial charge in [0.2, 0.25) is 0 Å². The van der Waals surface area contributed by atoms with Crippen LogP contribution in [-0.2, 0) is 18.3 Å². The van der Waals surface area contributed by atoms with E-state index in [1.807, 2.05) is 13.0 Å². The lowest BCUT2D eigenvalue weighted by Crippen LogP contribution is -2.41. The summed E-state index contributed by atoms with van der Waals surface area (Å²) >= 11 is 0. The van der Waals surface area contributed by atoms with Gasteiger partial charge < -0.3 is 4.74 Å². The molecule has 0 radical (unpaired) electrons. The van der Waals surface area contributed by atoms with Gasteiger partial charge in [-0.25, -0.2) is 13.2 Å². The zero-order chi connectivity index (χ0) is 25.5. The van der Waals surface area contributed by atoms with Crippen molar-refractivity contribution >= 4 is 0 Å². The molecule has 0 heterocycles. The molecule has 0 fully saturated rings. The Morgan fingerprint density at radius 2 is 1.49 bits per heavy atom. The molecule has 1 unspecified atom stereocenters.